The molecule has 0 unspecified atom stereocenters. The Bertz CT molecular complexity index is 514. The first-order valence-corrected chi connectivity index (χ1v) is 6.63. The van der Waals surface area contributed by atoms with E-state index in [1.807, 2.05) is 0 Å². The van der Waals surface area contributed by atoms with Crippen LogP contribution in [0.2, 0.25) is 0 Å². The molecule has 1 rings (SSSR count). The quantitative estimate of drug-likeness (QED) is 0.646. The summed E-state index contributed by atoms with van der Waals surface area (Å²) in [4.78, 5) is 21.7. The largest absolute Gasteiger partial charge is 0.443 e. The molecule has 0 saturated heterocycles. The minimum atomic E-state index is -0.607. The SMILES string of the molecule is CC(C)(C)OC(=O)NNCc1ccc(Br)c([N+](=O)[O-])c1. The van der Waals surface area contributed by atoms with Crippen LogP contribution >= 0.6 is 15.9 Å². The normalized spacial score (nSPS) is 11.0. The standard InChI is InChI=1S/C12H16BrN3O4/c1-12(2,3)20-11(17)15-14-7-8-4-5-9(13)10(6-8)16(18)19/h4-6,14H,7H2,1-3H3,(H,15,17). The summed E-state index contributed by atoms with van der Waals surface area (Å²) < 4.78 is 5.44. The molecule has 0 spiro atoms. The number of hydrazine groups is 1. The van der Waals surface area contributed by atoms with Crippen molar-refractivity contribution in [2.45, 2.75) is 32.9 Å². The van der Waals surface area contributed by atoms with Crippen LogP contribution in [0.25, 0.3) is 0 Å². The first-order valence-electron chi connectivity index (χ1n) is 5.84. The zero-order chi connectivity index (χ0) is 15.3. The van der Waals surface area contributed by atoms with Gasteiger partial charge in [-0.15, -0.1) is 0 Å². The van der Waals surface area contributed by atoms with Crippen LogP contribution < -0.4 is 10.9 Å². The molecule has 0 aliphatic rings. The van der Waals surface area contributed by atoms with E-state index in [0.717, 1.165) is 0 Å². The molecule has 0 bridgehead atoms. The molecule has 1 aromatic rings. The summed E-state index contributed by atoms with van der Waals surface area (Å²) in [6, 6.07) is 4.72. The summed E-state index contributed by atoms with van der Waals surface area (Å²) in [5, 5.41) is 10.8. The number of amides is 1. The third-order valence-corrected chi connectivity index (χ3v) is 2.76. The van der Waals surface area contributed by atoms with E-state index in [0.29, 0.717) is 10.0 Å². The first kappa shape index (κ1) is 16.4. The van der Waals surface area contributed by atoms with Crippen molar-refractivity contribution < 1.29 is 14.5 Å². The third kappa shape index (κ3) is 5.54. The number of nitro groups is 1. The molecule has 1 aromatic carbocycles. The average molecular weight is 346 g/mol. The zero-order valence-corrected chi connectivity index (χ0v) is 13.0. The van der Waals surface area contributed by atoms with E-state index in [9.17, 15) is 14.9 Å². The lowest BCUT2D eigenvalue weighted by molar-refractivity contribution is -0.385. The highest BCUT2D eigenvalue weighted by atomic mass is 79.9. The number of hydrogen-bond donors (Lipinski definition) is 2. The van der Waals surface area contributed by atoms with Gasteiger partial charge in [-0.05, 0) is 48.3 Å². The monoisotopic (exact) mass is 345 g/mol. The van der Waals surface area contributed by atoms with Gasteiger partial charge < -0.3 is 4.74 Å². The number of rotatable bonds is 4. The van der Waals surface area contributed by atoms with Gasteiger partial charge in [-0.3, -0.25) is 15.5 Å². The van der Waals surface area contributed by atoms with Crippen molar-refractivity contribution in [3.8, 4) is 0 Å². The van der Waals surface area contributed by atoms with Crippen LogP contribution in [-0.4, -0.2) is 16.6 Å². The van der Waals surface area contributed by atoms with E-state index in [1.165, 1.54) is 6.07 Å². The number of halogens is 1. The van der Waals surface area contributed by atoms with Crippen LogP contribution in [-0.2, 0) is 11.3 Å². The van der Waals surface area contributed by atoms with Crippen LogP contribution in [0.3, 0.4) is 0 Å². The number of nitro benzene ring substituents is 1. The number of nitrogens with zero attached hydrogens (tertiary/aromatic N) is 1. The topological polar surface area (TPSA) is 93.5 Å². The van der Waals surface area contributed by atoms with E-state index in [1.54, 1.807) is 32.9 Å². The number of ether oxygens (including phenoxy) is 1. The lowest BCUT2D eigenvalue weighted by Crippen LogP contribution is -2.40. The lowest BCUT2D eigenvalue weighted by Gasteiger charge is -2.19. The minimum Gasteiger partial charge on any atom is -0.443 e. The molecule has 0 heterocycles. The van der Waals surface area contributed by atoms with E-state index in [2.05, 4.69) is 26.8 Å². The predicted molar refractivity (Wildman–Crippen MR) is 77.0 cm³/mol. The second kappa shape index (κ2) is 6.67. The molecule has 20 heavy (non-hydrogen) atoms. The highest BCUT2D eigenvalue weighted by molar-refractivity contribution is 9.10. The molecule has 0 aromatic heterocycles. The molecule has 8 heteroatoms. The lowest BCUT2D eigenvalue weighted by atomic mass is 10.2. The van der Waals surface area contributed by atoms with Gasteiger partial charge in [-0.2, -0.15) is 0 Å². The second-order valence-corrected chi connectivity index (χ2v) is 5.88. The molecule has 0 aliphatic heterocycles. The molecular formula is C12H16BrN3O4. The maximum absolute atomic E-state index is 11.4. The van der Waals surface area contributed by atoms with Gasteiger partial charge in [0.25, 0.3) is 5.69 Å². The number of hydrogen-bond acceptors (Lipinski definition) is 5. The molecule has 0 fully saturated rings. The summed E-state index contributed by atoms with van der Waals surface area (Å²) in [5.41, 5.74) is 5.06. The summed E-state index contributed by atoms with van der Waals surface area (Å²) >= 11 is 3.10. The van der Waals surface area contributed by atoms with Crippen molar-refractivity contribution in [3.63, 3.8) is 0 Å². The Hall–Kier alpha value is -1.67. The molecule has 0 saturated carbocycles. The van der Waals surface area contributed by atoms with E-state index in [-0.39, 0.29) is 12.2 Å². The summed E-state index contributed by atoms with van der Waals surface area (Å²) in [5.74, 6) is 0. The van der Waals surface area contributed by atoms with E-state index >= 15 is 0 Å². The highest BCUT2D eigenvalue weighted by Crippen LogP contribution is 2.25. The highest BCUT2D eigenvalue weighted by Gasteiger charge is 2.16. The number of carbonyl (C=O) groups is 1. The van der Waals surface area contributed by atoms with Gasteiger partial charge in [0, 0.05) is 12.6 Å². The Morgan fingerprint density at radius 1 is 1.45 bits per heavy atom. The van der Waals surface area contributed by atoms with Crippen molar-refractivity contribution >= 4 is 27.7 Å². The van der Waals surface area contributed by atoms with Gasteiger partial charge >= 0.3 is 6.09 Å². The van der Waals surface area contributed by atoms with Gasteiger partial charge in [0.15, 0.2) is 0 Å². The number of benzene rings is 1. The van der Waals surface area contributed by atoms with Gasteiger partial charge in [0.1, 0.15) is 5.60 Å². The fourth-order valence-corrected chi connectivity index (χ4v) is 1.72. The van der Waals surface area contributed by atoms with Crippen LogP contribution in [0.1, 0.15) is 26.3 Å². The van der Waals surface area contributed by atoms with E-state index < -0.39 is 16.6 Å². The van der Waals surface area contributed by atoms with Crippen molar-refractivity contribution in [3.05, 3.63) is 38.3 Å². The average Bonchev–Trinajstić information content (AvgIpc) is 2.28. The maximum Gasteiger partial charge on any atom is 0.422 e. The molecule has 110 valence electrons. The van der Waals surface area contributed by atoms with Gasteiger partial charge in [-0.25, -0.2) is 10.2 Å². The van der Waals surface area contributed by atoms with Crippen LogP contribution in [0.15, 0.2) is 22.7 Å². The van der Waals surface area contributed by atoms with Crippen molar-refractivity contribution in [2.24, 2.45) is 0 Å². The predicted octanol–water partition coefficient (Wildman–Crippen LogP) is 2.89. The fourth-order valence-electron chi connectivity index (χ4n) is 1.33. The van der Waals surface area contributed by atoms with E-state index in [4.69, 9.17) is 4.74 Å². The van der Waals surface area contributed by atoms with Crippen LogP contribution in [0.4, 0.5) is 10.5 Å². The van der Waals surface area contributed by atoms with Crippen molar-refractivity contribution in [1.29, 1.82) is 0 Å². The Labute approximate surface area is 124 Å². The Balaban J connectivity index is 2.53. The van der Waals surface area contributed by atoms with Crippen LogP contribution in [0, 0.1) is 10.1 Å². The smallest absolute Gasteiger partial charge is 0.422 e. The molecule has 2 N–H and O–H groups in total. The van der Waals surface area contributed by atoms with Crippen molar-refractivity contribution in [1.82, 2.24) is 10.9 Å². The fraction of sp³-hybridized carbons (Fsp3) is 0.417. The maximum atomic E-state index is 11.4. The Morgan fingerprint density at radius 2 is 2.10 bits per heavy atom. The first-order chi connectivity index (χ1) is 9.19. The second-order valence-electron chi connectivity index (χ2n) is 5.02. The summed E-state index contributed by atoms with van der Waals surface area (Å²) in [7, 11) is 0. The molecule has 1 amide bonds. The number of nitrogens with one attached hydrogen (secondary N) is 2. The van der Waals surface area contributed by atoms with Gasteiger partial charge in [0.2, 0.25) is 0 Å². The van der Waals surface area contributed by atoms with Gasteiger partial charge in [0.05, 0.1) is 9.40 Å². The molecule has 0 atom stereocenters. The molecule has 7 nitrogen and oxygen atoms in total. The summed E-state index contributed by atoms with van der Waals surface area (Å²) in [6.45, 7) is 5.51. The minimum absolute atomic E-state index is 0.0263. The third-order valence-electron chi connectivity index (χ3n) is 2.09. The molecule has 0 radical (unpaired) electrons. The van der Waals surface area contributed by atoms with Gasteiger partial charge in [-0.1, -0.05) is 6.07 Å². The Morgan fingerprint density at radius 3 is 2.65 bits per heavy atom. The Kier molecular flexibility index (Phi) is 5.46. The molecule has 0 aliphatic carbocycles. The summed E-state index contributed by atoms with van der Waals surface area (Å²) in [6.07, 6.45) is -0.607. The number of carbonyl (C=O) groups excluding carboxylic acids is 1. The zero-order valence-electron chi connectivity index (χ0n) is 11.4. The van der Waals surface area contributed by atoms with Crippen molar-refractivity contribution in [2.75, 3.05) is 0 Å². The van der Waals surface area contributed by atoms with Crippen LogP contribution in [0.5, 0.6) is 0 Å². The molecular weight excluding hydrogens is 330 g/mol.